The van der Waals surface area contributed by atoms with Crippen LogP contribution < -0.4 is 0 Å². The summed E-state index contributed by atoms with van der Waals surface area (Å²) < 4.78 is 0. The topological polar surface area (TPSA) is 63.9 Å². The molecule has 0 aliphatic heterocycles. The van der Waals surface area contributed by atoms with E-state index in [1.807, 2.05) is 29.2 Å². The highest BCUT2D eigenvalue weighted by Gasteiger charge is 2.12. The Labute approximate surface area is 161 Å². The molecule has 2 unspecified atom stereocenters. The van der Waals surface area contributed by atoms with Crippen LogP contribution in [0.5, 0.6) is 0 Å². The van der Waals surface area contributed by atoms with Crippen LogP contribution in [0.1, 0.15) is 78.1 Å². The second-order valence-corrected chi connectivity index (χ2v) is 7.17. The number of aliphatic hydroxyl groups excluding tert-OH is 3. The summed E-state index contributed by atoms with van der Waals surface area (Å²) in [5.74, 6) is 0. The maximum Gasteiger partial charge on any atom is 0.0847 e. The molecule has 0 aromatic rings. The molecule has 0 fully saturated rings. The summed E-state index contributed by atoms with van der Waals surface area (Å²) in [7, 11) is 0. The quantitative estimate of drug-likeness (QED) is 0.252. The number of hydrogen-bond acceptors (Lipinski definition) is 4. The molecule has 0 aromatic carbocycles. The Bertz CT molecular complexity index is 314. The van der Waals surface area contributed by atoms with Gasteiger partial charge in [0.2, 0.25) is 0 Å². The third-order valence-corrected chi connectivity index (χ3v) is 4.47. The largest absolute Gasteiger partial charge is 0.395 e. The van der Waals surface area contributed by atoms with Crippen LogP contribution in [-0.2, 0) is 0 Å². The molecule has 154 valence electrons. The zero-order chi connectivity index (χ0) is 19.5. The van der Waals surface area contributed by atoms with Gasteiger partial charge in [-0.25, -0.2) is 0 Å². The second kappa shape index (κ2) is 19.1. The van der Waals surface area contributed by atoms with Crippen molar-refractivity contribution in [3.63, 3.8) is 0 Å². The van der Waals surface area contributed by atoms with Gasteiger partial charge >= 0.3 is 0 Å². The fourth-order valence-electron chi connectivity index (χ4n) is 2.93. The smallest absolute Gasteiger partial charge is 0.0847 e. The number of hydrogen-bond donors (Lipinski definition) is 3. The molecule has 0 radical (unpaired) electrons. The van der Waals surface area contributed by atoms with Crippen LogP contribution >= 0.6 is 0 Å². The molecule has 0 bridgehead atoms. The van der Waals surface area contributed by atoms with Crippen LogP contribution in [0.4, 0.5) is 0 Å². The standard InChI is InChI=1S/C22H43NO3/c1-3-5-7-9-11-13-15-21(25)19-23(17-18-24)20-22(26)16-14-12-10-8-6-4-2/h13-16,21-22,24-26H,3-12,17-20H2,1-2H3/b15-13+,16-14+. The van der Waals surface area contributed by atoms with Gasteiger partial charge in [0.05, 0.1) is 18.8 Å². The van der Waals surface area contributed by atoms with E-state index in [2.05, 4.69) is 13.8 Å². The number of nitrogens with zero attached hydrogens (tertiary/aromatic N) is 1. The molecule has 2 atom stereocenters. The summed E-state index contributed by atoms with van der Waals surface area (Å²) in [5, 5.41) is 29.5. The molecular formula is C22H43NO3. The van der Waals surface area contributed by atoms with E-state index in [0.29, 0.717) is 19.6 Å². The van der Waals surface area contributed by atoms with Gasteiger partial charge in [0.15, 0.2) is 0 Å². The van der Waals surface area contributed by atoms with E-state index in [-0.39, 0.29) is 6.61 Å². The SMILES string of the molecule is CCCCCC/C=C/C(O)CN(CCO)CC(O)/C=C/CCCCCC. The van der Waals surface area contributed by atoms with Crippen LogP contribution in [0.15, 0.2) is 24.3 Å². The highest BCUT2D eigenvalue weighted by molar-refractivity contribution is 4.93. The van der Waals surface area contributed by atoms with Gasteiger partial charge in [-0.3, -0.25) is 4.90 Å². The molecule has 0 spiro atoms. The lowest BCUT2D eigenvalue weighted by atomic mass is 10.1. The third kappa shape index (κ3) is 16.8. The van der Waals surface area contributed by atoms with E-state index in [1.54, 1.807) is 0 Å². The number of unbranched alkanes of at least 4 members (excludes halogenated alkanes) is 8. The van der Waals surface area contributed by atoms with Gasteiger partial charge in [-0.1, -0.05) is 76.7 Å². The Kier molecular flexibility index (Phi) is 18.6. The van der Waals surface area contributed by atoms with Gasteiger partial charge in [-0.05, 0) is 25.7 Å². The van der Waals surface area contributed by atoms with Crippen molar-refractivity contribution in [2.24, 2.45) is 0 Å². The van der Waals surface area contributed by atoms with Crippen molar-refractivity contribution in [3.8, 4) is 0 Å². The summed E-state index contributed by atoms with van der Waals surface area (Å²) in [6.07, 6.45) is 18.5. The highest BCUT2D eigenvalue weighted by Crippen LogP contribution is 2.06. The van der Waals surface area contributed by atoms with E-state index in [4.69, 9.17) is 0 Å². The number of aliphatic hydroxyl groups is 3. The normalized spacial score (nSPS) is 14.7. The Hall–Kier alpha value is -0.680. The predicted molar refractivity (Wildman–Crippen MR) is 111 cm³/mol. The van der Waals surface area contributed by atoms with Gasteiger partial charge < -0.3 is 15.3 Å². The van der Waals surface area contributed by atoms with Crippen molar-refractivity contribution in [2.45, 2.75) is 90.3 Å². The minimum Gasteiger partial charge on any atom is -0.395 e. The Balaban J connectivity index is 4.08. The minimum atomic E-state index is -0.557. The van der Waals surface area contributed by atoms with Gasteiger partial charge in [0.25, 0.3) is 0 Å². The van der Waals surface area contributed by atoms with Gasteiger partial charge in [-0.15, -0.1) is 0 Å². The predicted octanol–water partition coefficient (Wildman–Crippen LogP) is 4.06. The van der Waals surface area contributed by atoms with Crippen LogP contribution in [0.25, 0.3) is 0 Å². The zero-order valence-corrected chi connectivity index (χ0v) is 17.2. The van der Waals surface area contributed by atoms with Crippen LogP contribution in [0.3, 0.4) is 0 Å². The van der Waals surface area contributed by atoms with Crippen molar-refractivity contribution in [1.82, 2.24) is 4.90 Å². The zero-order valence-electron chi connectivity index (χ0n) is 17.2. The monoisotopic (exact) mass is 369 g/mol. The summed E-state index contributed by atoms with van der Waals surface area (Å²) in [6.45, 7) is 5.77. The van der Waals surface area contributed by atoms with Gasteiger partial charge in [-0.2, -0.15) is 0 Å². The Morgan fingerprint density at radius 3 is 1.58 bits per heavy atom. The molecule has 4 heteroatoms. The first kappa shape index (κ1) is 25.3. The second-order valence-electron chi connectivity index (χ2n) is 7.17. The molecule has 0 heterocycles. The average molecular weight is 370 g/mol. The van der Waals surface area contributed by atoms with E-state index < -0.39 is 12.2 Å². The van der Waals surface area contributed by atoms with E-state index in [0.717, 1.165) is 12.8 Å². The van der Waals surface area contributed by atoms with Crippen molar-refractivity contribution < 1.29 is 15.3 Å². The van der Waals surface area contributed by atoms with Crippen molar-refractivity contribution in [2.75, 3.05) is 26.2 Å². The molecule has 3 N–H and O–H groups in total. The summed E-state index contributed by atoms with van der Waals surface area (Å²) in [4.78, 5) is 1.91. The van der Waals surface area contributed by atoms with Crippen molar-refractivity contribution in [3.05, 3.63) is 24.3 Å². The molecular weight excluding hydrogens is 326 g/mol. The first-order chi connectivity index (χ1) is 12.6. The lowest BCUT2D eigenvalue weighted by Crippen LogP contribution is -2.38. The first-order valence-corrected chi connectivity index (χ1v) is 10.7. The number of allylic oxidation sites excluding steroid dienone is 2. The molecule has 4 nitrogen and oxygen atoms in total. The Morgan fingerprint density at radius 1 is 0.731 bits per heavy atom. The van der Waals surface area contributed by atoms with Gasteiger partial charge in [0, 0.05) is 19.6 Å². The third-order valence-electron chi connectivity index (χ3n) is 4.47. The minimum absolute atomic E-state index is 0.0287. The van der Waals surface area contributed by atoms with E-state index in [1.165, 1.54) is 51.4 Å². The molecule has 0 aliphatic rings. The van der Waals surface area contributed by atoms with E-state index >= 15 is 0 Å². The fourth-order valence-corrected chi connectivity index (χ4v) is 2.93. The molecule has 0 saturated heterocycles. The molecule has 0 aromatic heterocycles. The highest BCUT2D eigenvalue weighted by atomic mass is 16.3. The molecule has 26 heavy (non-hydrogen) atoms. The molecule has 0 amide bonds. The maximum atomic E-state index is 10.1. The van der Waals surface area contributed by atoms with Crippen molar-refractivity contribution >= 4 is 0 Å². The summed E-state index contributed by atoms with van der Waals surface area (Å²) in [5.41, 5.74) is 0. The first-order valence-electron chi connectivity index (χ1n) is 10.7. The molecule has 0 rings (SSSR count). The Morgan fingerprint density at radius 2 is 1.19 bits per heavy atom. The van der Waals surface area contributed by atoms with Gasteiger partial charge in [0.1, 0.15) is 0 Å². The van der Waals surface area contributed by atoms with E-state index in [9.17, 15) is 15.3 Å². The summed E-state index contributed by atoms with van der Waals surface area (Å²) in [6, 6.07) is 0. The lowest BCUT2D eigenvalue weighted by molar-refractivity contribution is 0.0905. The van der Waals surface area contributed by atoms with Crippen LogP contribution in [-0.4, -0.2) is 58.7 Å². The van der Waals surface area contributed by atoms with Crippen LogP contribution in [0.2, 0.25) is 0 Å². The number of rotatable bonds is 18. The summed E-state index contributed by atoms with van der Waals surface area (Å²) >= 11 is 0. The average Bonchev–Trinajstić information content (AvgIpc) is 2.61. The lowest BCUT2D eigenvalue weighted by Gasteiger charge is -2.24. The molecule has 0 saturated carbocycles. The fraction of sp³-hybridized carbons (Fsp3) is 0.818. The van der Waals surface area contributed by atoms with Crippen LogP contribution in [0, 0.1) is 0 Å². The molecule has 0 aliphatic carbocycles. The maximum absolute atomic E-state index is 10.1. The van der Waals surface area contributed by atoms with Crippen molar-refractivity contribution in [1.29, 1.82) is 0 Å².